The van der Waals surface area contributed by atoms with E-state index in [1.165, 1.54) is 32.1 Å². The van der Waals surface area contributed by atoms with E-state index in [0.29, 0.717) is 0 Å². The Morgan fingerprint density at radius 2 is 1.60 bits per heavy atom. The van der Waals surface area contributed by atoms with Crippen LogP contribution in [-0.2, 0) is 0 Å². The highest BCUT2D eigenvalue weighted by molar-refractivity contribution is 4.71. The number of rotatable bonds is 2. The predicted octanol–water partition coefficient (Wildman–Crippen LogP) is 3.43. The fourth-order valence-electron chi connectivity index (χ4n) is 1.93. The highest BCUT2D eigenvalue weighted by Gasteiger charge is 2.17. The molecule has 0 N–H and O–H groups in total. The molecule has 0 aliphatic heterocycles. The van der Waals surface area contributed by atoms with Gasteiger partial charge in [-0.1, -0.05) is 52.4 Å². The standard InChI is InChI=1S/C10H19/c1-3-9-5-7-10(4-2)8-6-9/h9-10H,1,3-8H2,2H3. The quantitative estimate of drug-likeness (QED) is 0.550. The Morgan fingerprint density at radius 3 is 2.00 bits per heavy atom. The molecule has 1 aliphatic carbocycles. The van der Waals surface area contributed by atoms with Gasteiger partial charge in [-0.25, -0.2) is 0 Å². The third-order valence-electron chi connectivity index (χ3n) is 2.95. The van der Waals surface area contributed by atoms with Gasteiger partial charge in [0.1, 0.15) is 0 Å². The molecule has 10 heavy (non-hydrogen) atoms. The van der Waals surface area contributed by atoms with E-state index >= 15 is 0 Å². The molecule has 1 fully saturated rings. The summed E-state index contributed by atoms with van der Waals surface area (Å²) >= 11 is 0. The second-order valence-corrected chi connectivity index (χ2v) is 3.58. The molecule has 0 unspecified atom stereocenters. The molecule has 0 heteroatoms. The van der Waals surface area contributed by atoms with Crippen LogP contribution >= 0.6 is 0 Å². The van der Waals surface area contributed by atoms with Crippen molar-refractivity contribution in [2.24, 2.45) is 11.8 Å². The Hall–Kier alpha value is 0. The maximum Gasteiger partial charge on any atom is -0.0414 e. The van der Waals surface area contributed by atoms with E-state index < -0.39 is 0 Å². The molecule has 0 aromatic carbocycles. The molecule has 0 nitrogen and oxygen atoms in total. The topological polar surface area (TPSA) is 0 Å². The maximum atomic E-state index is 3.96. The molecule has 1 saturated carbocycles. The zero-order valence-corrected chi connectivity index (χ0v) is 7.10. The summed E-state index contributed by atoms with van der Waals surface area (Å²) in [6, 6.07) is 0. The highest BCUT2D eigenvalue weighted by atomic mass is 14.2. The Morgan fingerprint density at radius 1 is 1.10 bits per heavy atom. The summed E-state index contributed by atoms with van der Waals surface area (Å²) in [5.41, 5.74) is 0. The maximum absolute atomic E-state index is 3.96. The SMILES string of the molecule is [CH2]CC1CCC(CC)CC1. The van der Waals surface area contributed by atoms with Crippen molar-refractivity contribution < 1.29 is 0 Å². The van der Waals surface area contributed by atoms with E-state index in [9.17, 15) is 0 Å². The lowest BCUT2D eigenvalue weighted by Crippen LogP contribution is -2.12. The minimum atomic E-state index is 0.961. The molecular formula is C10H19. The van der Waals surface area contributed by atoms with Crippen molar-refractivity contribution in [2.45, 2.75) is 45.4 Å². The van der Waals surface area contributed by atoms with Gasteiger partial charge in [-0.05, 0) is 11.8 Å². The van der Waals surface area contributed by atoms with Gasteiger partial charge in [-0.3, -0.25) is 0 Å². The Kier molecular flexibility index (Phi) is 3.24. The van der Waals surface area contributed by atoms with Gasteiger partial charge in [0.05, 0.1) is 0 Å². The average molecular weight is 139 g/mol. The van der Waals surface area contributed by atoms with E-state index in [4.69, 9.17) is 0 Å². The average Bonchev–Trinajstić information content (AvgIpc) is 2.05. The zero-order chi connectivity index (χ0) is 7.40. The predicted molar refractivity (Wildman–Crippen MR) is 45.7 cm³/mol. The molecule has 0 spiro atoms. The summed E-state index contributed by atoms with van der Waals surface area (Å²) in [7, 11) is 0. The molecular weight excluding hydrogens is 120 g/mol. The van der Waals surface area contributed by atoms with Crippen LogP contribution in [0.2, 0.25) is 0 Å². The van der Waals surface area contributed by atoms with Gasteiger partial charge in [-0.2, -0.15) is 0 Å². The highest BCUT2D eigenvalue weighted by Crippen LogP contribution is 2.31. The molecule has 0 amide bonds. The molecule has 1 rings (SSSR count). The normalized spacial score (nSPS) is 34.2. The van der Waals surface area contributed by atoms with Crippen LogP contribution in [0.3, 0.4) is 0 Å². The van der Waals surface area contributed by atoms with Crippen molar-refractivity contribution in [1.29, 1.82) is 0 Å². The van der Waals surface area contributed by atoms with Gasteiger partial charge in [0, 0.05) is 0 Å². The minimum Gasteiger partial charge on any atom is -0.0651 e. The van der Waals surface area contributed by atoms with Crippen molar-refractivity contribution in [2.75, 3.05) is 0 Å². The number of hydrogen-bond donors (Lipinski definition) is 0. The summed E-state index contributed by atoms with van der Waals surface area (Å²) in [6.45, 7) is 6.27. The zero-order valence-electron chi connectivity index (χ0n) is 7.10. The molecule has 1 radical (unpaired) electrons. The fraction of sp³-hybridized carbons (Fsp3) is 0.900. The summed E-state index contributed by atoms with van der Waals surface area (Å²) in [6.07, 6.45) is 8.39. The van der Waals surface area contributed by atoms with Crippen molar-refractivity contribution in [3.8, 4) is 0 Å². The lowest BCUT2D eigenvalue weighted by atomic mass is 9.80. The van der Waals surface area contributed by atoms with Gasteiger partial charge in [0.15, 0.2) is 0 Å². The summed E-state index contributed by atoms with van der Waals surface area (Å²) in [4.78, 5) is 0. The van der Waals surface area contributed by atoms with Crippen molar-refractivity contribution in [1.82, 2.24) is 0 Å². The first-order valence-electron chi connectivity index (χ1n) is 4.66. The van der Waals surface area contributed by atoms with E-state index in [0.717, 1.165) is 18.3 Å². The van der Waals surface area contributed by atoms with Crippen LogP contribution in [0, 0.1) is 18.8 Å². The Bertz CT molecular complexity index is 66.0. The van der Waals surface area contributed by atoms with Crippen LogP contribution in [0.5, 0.6) is 0 Å². The Balaban J connectivity index is 2.17. The molecule has 0 aromatic heterocycles. The first-order valence-corrected chi connectivity index (χ1v) is 4.66. The fourth-order valence-corrected chi connectivity index (χ4v) is 1.93. The third-order valence-corrected chi connectivity index (χ3v) is 2.95. The van der Waals surface area contributed by atoms with Gasteiger partial charge < -0.3 is 0 Å². The number of hydrogen-bond acceptors (Lipinski definition) is 0. The van der Waals surface area contributed by atoms with Gasteiger partial charge in [0.25, 0.3) is 0 Å². The molecule has 0 saturated heterocycles. The van der Waals surface area contributed by atoms with E-state index in [1.807, 2.05) is 0 Å². The van der Waals surface area contributed by atoms with Gasteiger partial charge in [-0.15, -0.1) is 0 Å². The molecule has 59 valence electrons. The van der Waals surface area contributed by atoms with Crippen LogP contribution in [0.15, 0.2) is 0 Å². The van der Waals surface area contributed by atoms with Crippen molar-refractivity contribution in [3.05, 3.63) is 6.92 Å². The third kappa shape index (κ3) is 2.00. The van der Waals surface area contributed by atoms with Crippen LogP contribution in [0.25, 0.3) is 0 Å². The first kappa shape index (κ1) is 8.10. The smallest absolute Gasteiger partial charge is 0.0414 e. The largest absolute Gasteiger partial charge is 0.0651 e. The van der Waals surface area contributed by atoms with E-state index in [1.54, 1.807) is 0 Å². The molecule has 0 aromatic rings. The summed E-state index contributed by atoms with van der Waals surface area (Å²) < 4.78 is 0. The van der Waals surface area contributed by atoms with Crippen LogP contribution < -0.4 is 0 Å². The molecule has 0 bridgehead atoms. The second kappa shape index (κ2) is 4.00. The van der Waals surface area contributed by atoms with Crippen LogP contribution in [0.4, 0.5) is 0 Å². The summed E-state index contributed by atoms with van der Waals surface area (Å²) in [5, 5.41) is 0. The molecule has 0 atom stereocenters. The first-order chi connectivity index (χ1) is 4.86. The summed E-state index contributed by atoms with van der Waals surface area (Å²) in [5.74, 6) is 2.01. The molecule has 1 aliphatic rings. The minimum absolute atomic E-state index is 0.961. The Labute approximate surface area is 65.0 Å². The van der Waals surface area contributed by atoms with E-state index in [-0.39, 0.29) is 0 Å². The second-order valence-electron chi connectivity index (χ2n) is 3.58. The van der Waals surface area contributed by atoms with Crippen LogP contribution in [0.1, 0.15) is 45.4 Å². The van der Waals surface area contributed by atoms with Crippen molar-refractivity contribution >= 4 is 0 Å². The monoisotopic (exact) mass is 139 g/mol. The lowest BCUT2D eigenvalue weighted by molar-refractivity contribution is 0.270. The lowest BCUT2D eigenvalue weighted by Gasteiger charge is -2.26. The van der Waals surface area contributed by atoms with Gasteiger partial charge >= 0.3 is 0 Å². The van der Waals surface area contributed by atoms with Gasteiger partial charge in [0.2, 0.25) is 0 Å². The van der Waals surface area contributed by atoms with E-state index in [2.05, 4.69) is 13.8 Å². The van der Waals surface area contributed by atoms with Crippen LogP contribution in [-0.4, -0.2) is 0 Å². The molecule has 0 heterocycles. The van der Waals surface area contributed by atoms with Crippen molar-refractivity contribution in [3.63, 3.8) is 0 Å².